The van der Waals surface area contributed by atoms with E-state index in [1.807, 2.05) is 18.2 Å². The summed E-state index contributed by atoms with van der Waals surface area (Å²) in [5.74, 6) is -0.610. The third-order valence-corrected chi connectivity index (χ3v) is 5.20. The van der Waals surface area contributed by atoms with Crippen molar-refractivity contribution in [3.05, 3.63) is 53.8 Å². The molecule has 2 aliphatic rings. The monoisotopic (exact) mass is 416 g/mol. The van der Waals surface area contributed by atoms with E-state index < -0.39 is 17.6 Å². The van der Waals surface area contributed by atoms with Gasteiger partial charge in [0.15, 0.2) is 11.5 Å². The Hall–Kier alpha value is -3.17. The zero-order valence-electron chi connectivity index (χ0n) is 16.3. The third kappa shape index (κ3) is 4.69. The maximum Gasteiger partial charge on any atom is 0.313 e. The predicted octanol–water partition coefficient (Wildman–Crippen LogP) is 0.266. The van der Waals surface area contributed by atoms with Crippen molar-refractivity contribution in [3.8, 4) is 11.5 Å². The van der Waals surface area contributed by atoms with E-state index in [9.17, 15) is 14.0 Å². The first-order valence-electron chi connectivity index (χ1n) is 9.77. The van der Waals surface area contributed by atoms with Gasteiger partial charge in [-0.3, -0.25) is 9.59 Å². The lowest BCUT2D eigenvalue weighted by molar-refractivity contribution is -0.937. The Labute approximate surface area is 172 Å². The smallest absolute Gasteiger partial charge is 0.313 e. The van der Waals surface area contributed by atoms with Gasteiger partial charge in [0.05, 0.1) is 19.8 Å². The second-order valence-electron chi connectivity index (χ2n) is 7.11. The molecule has 1 fully saturated rings. The number of carbonyl (C=O) groups excluding carboxylic acids is 2. The Kier molecular flexibility index (Phi) is 6.10. The summed E-state index contributed by atoms with van der Waals surface area (Å²) in [4.78, 5) is 25.8. The minimum atomic E-state index is -0.803. The molecule has 0 bridgehead atoms. The SMILES string of the molecule is O=C(NC[C@H](c1ccc2c(c1)OCO2)[NH+]1CCOCC1)C(=O)Nc1ccc(F)cc1. The van der Waals surface area contributed by atoms with Gasteiger partial charge in [0.2, 0.25) is 6.79 Å². The van der Waals surface area contributed by atoms with Crippen LogP contribution >= 0.6 is 0 Å². The van der Waals surface area contributed by atoms with Gasteiger partial charge in [-0.1, -0.05) is 0 Å². The first-order valence-corrected chi connectivity index (χ1v) is 9.77. The number of carbonyl (C=O) groups is 2. The molecule has 0 aromatic heterocycles. The first kappa shape index (κ1) is 20.1. The molecule has 2 amide bonds. The molecule has 2 heterocycles. The molecule has 0 saturated carbocycles. The lowest BCUT2D eigenvalue weighted by Gasteiger charge is -2.32. The number of hydrogen-bond acceptors (Lipinski definition) is 5. The third-order valence-electron chi connectivity index (χ3n) is 5.20. The number of ether oxygens (including phenoxy) is 3. The van der Waals surface area contributed by atoms with Gasteiger partial charge >= 0.3 is 11.8 Å². The molecule has 2 aromatic carbocycles. The Bertz CT molecular complexity index is 915. The molecule has 0 spiro atoms. The van der Waals surface area contributed by atoms with Crippen LogP contribution in [0.2, 0.25) is 0 Å². The molecule has 1 atom stereocenters. The number of fused-ring (bicyclic) bond motifs is 1. The van der Waals surface area contributed by atoms with Gasteiger partial charge in [-0.25, -0.2) is 4.39 Å². The molecular weight excluding hydrogens is 393 g/mol. The summed E-state index contributed by atoms with van der Waals surface area (Å²) in [6, 6.07) is 10.9. The van der Waals surface area contributed by atoms with E-state index >= 15 is 0 Å². The van der Waals surface area contributed by atoms with E-state index in [1.165, 1.54) is 29.2 Å². The van der Waals surface area contributed by atoms with Gasteiger partial charge < -0.3 is 29.7 Å². The van der Waals surface area contributed by atoms with Crippen LogP contribution in [0.1, 0.15) is 11.6 Å². The number of amides is 2. The number of benzene rings is 2. The standard InChI is InChI=1S/C21H22FN3O5/c22-15-2-4-16(5-3-15)24-21(27)20(26)23-12-17(25-7-9-28-10-8-25)14-1-6-18-19(11-14)30-13-29-18/h1-6,11,17H,7-10,12-13H2,(H,23,26)(H,24,27)/p+1/t17-/m1/s1. The highest BCUT2D eigenvalue weighted by molar-refractivity contribution is 6.39. The summed E-state index contributed by atoms with van der Waals surface area (Å²) in [5.41, 5.74) is 1.33. The molecule has 30 heavy (non-hydrogen) atoms. The van der Waals surface area contributed by atoms with E-state index in [-0.39, 0.29) is 19.4 Å². The molecule has 8 nitrogen and oxygen atoms in total. The molecule has 158 valence electrons. The fourth-order valence-electron chi connectivity index (χ4n) is 3.61. The van der Waals surface area contributed by atoms with Gasteiger partial charge in [0, 0.05) is 11.3 Å². The van der Waals surface area contributed by atoms with Crippen LogP contribution in [0.3, 0.4) is 0 Å². The largest absolute Gasteiger partial charge is 0.454 e. The van der Waals surface area contributed by atoms with Gasteiger partial charge in [-0.15, -0.1) is 0 Å². The Morgan fingerprint density at radius 1 is 1.00 bits per heavy atom. The van der Waals surface area contributed by atoms with Crippen LogP contribution in [0.25, 0.3) is 0 Å². The molecule has 2 aliphatic heterocycles. The summed E-state index contributed by atoms with van der Waals surface area (Å²) in [6.45, 7) is 3.30. The zero-order valence-corrected chi connectivity index (χ0v) is 16.3. The molecule has 1 saturated heterocycles. The topological polar surface area (TPSA) is 90.3 Å². The number of nitrogens with one attached hydrogen (secondary N) is 3. The molecular formula is C21H23FN3O5+. The first-order chi connectivity index (χ1) is 14.6. The fourth-order valence-corrected chi connectivity index (χ4v) is 3.61. The Morgan fingerprint density at radius 3 is 2.50 bits per heavy atom. The minimum absolute atomic E-state index is 0.0778. The summed E-state index contributed by atoms with van der Waals surface area (Å²) >= 11 is 0. The minimum Gasteiger partial charge on any atom is -0.454 e. The fraction of sp³-hybridized carbons (Fsp3) is 0.333. The average molecular weight is 416 g/mol. The number of halogens is 1. The maximum absolute atomic E-state index is 13.0. The molecule has 0 unspecified atom stereocenters. The van der Waals surface area contributed by atoms with Crippen LogP contribution < -0.4 is 25.0 Å². The van der Waals surface area contributed by atoms with Crippen molar-refractivity contribution in [2.75, 3.05) is 45.0 Å². The van der Waals surface area contributed by atoms with Crippen LogP contribution in [-0.2, 0) is 14.3 Å². The van der Waals surface area contributed by atoms with E-state index in [0.29, 0.717) is 30.4 Å². The average Bonchev–Trinajstić information content (AvgIpc) is 3.24. The molecule has 2 aromatic rings. The summed E-state index contributed by atoms with van der Waals surface area (Å²) in [5, 5.41) is 5.18. The molecule has 0 aliphatic carbocycles. The van der Waals surface area contributed by atoms with Crippen molar-refractivity contribution in [2.45, 2.75) is 6.04 Å². The van der Waals surface area contributed by atoms with Crippen molar-refractivity contribution >= 4 is 17.5 Å². The molecule has 4 rings (SSSR count). The Morgan fingerprint density at radius 2 is 1.73 bits per heavy atom. The molecule has 3 N–H and O–H groups in total. The highest BCUT2D eigenvalue weighted by Crippen LogP contribution is 2.33. The van der Waals surface area contributed by atoms with E-state index in [0.717, 1.165) is 18.7 Å². The lowest BCUT2D eigenvalue weighted by atomic mass is 10.0. The number of morpholine rings is 1. The number of anilines is 1. The predicted molar refractivity (Wildman–Crippen MR) is 105 cm³/mol. The van der Waals surface area contributed by atoms with Crippen molar-refractivity contribution in [1.29, 1.82) is 0 Å². The highest BCUT2D eigenvalue weighted by Gasteiger charge is 2.29. The van der Waals surface area contributed by atoms with Crippen LogP contribution in [0.15, 0.2) is 42.5 Å². The number of quaternary nitrogens is 1. The lowest BCUT2D eigenvalue weighted by Crippen LogP contribution is -3.15. The van der Waals surface area contributed by atoms with Gasteiger partial charge in [-0.2, -0.15) is 0 Å². The van der Waals surface area contributed by atoms with Crippen LogP contribution in [-0.4, -0.2) is 51.5 Å². The normalized spacial score (nSPS) is 16.7. The van der Waals surface area contributed by atoms with Crippen molar-refractivity contribution in [1.82, 2.24) is 5.32 Å². The van der Waals surface area contributed by atoms with Crippen molar-refractivity contribution < 1.29 is 33.1 Å². The summed E-state index contributed by atoms with van der Waals surface area (Å²) in [6.07, 6.45) is 0. The van der Waals surface area contributed by atoms with Gasteiger partial charge in [-0.05, 0) is 42.5 Å². The second-order valence-corrected chi connectivity index (χ2v) is 7.11. The van der Waals surface area contributed by atoms with Crippen LogP contribution in [0, 0.1) is 5.82 Å². The summed E-state index contributed by atoms with van der Waals surface area (Å²) < 4.78 is 29.3. The van der Waals surface area contributed by atoms with Crippen molar-refractivity contribution in [3.63, 3.8) is 0 Å². The molecule has 0 radical (unpaired) electrons. The number of rotatable bonds is 5. The quantitative estimate of drug-likeness (QED) is 0.609. The van der Waals surface area contributed by atoms with E-state index in [2.05, 4.69) is 10.6 Å². The van der Waals surface area contributed by atoms with Crippen LogP contribution in [0.5, 0.6) is 11.5 Å². The van der Waals surface area contributed by atoms with E-state index in [4.69, 9.17) is 14.2 Å². The summed E-state index contributed by atoms with van der Waals surface area (Å²) in [7, 11) is 0. The van der Waals surface area contributed by atoms with E-state index in [1.54, 1.807) is 0 Å². The highest BCUT2D eigenvalue weighted by atomic mass is 19.1. The zero-order chi connectivity index (χ0) is 20.9. The number of hydrogen-bond donors (Lipinski definition) is 3. The van der Waals surface area contributed by atoms with Crippen molar-refractivity contribution in [2.24, 2.45) is 0 Å². The van der Waals surface area contributed by atoms with Gasteiger partial charge in [0.25, 0.3) is 0 Å². The molecule has 9 heteroatoms. The maximum atomic E-state index is 13.0. The second kappa shape index (κ2) is 9.10. The van der Waals surface area contributed by atoms with Gasteiger partial charge in [0.1, 0.15) is 24.9 Å². The Balaban J connectivity index is 1.43. The van der Waals surface area contributed by atoms with Crippen LogP contribution in [0.4, 0.5) is 10.1 Å².